The Kier molecular flexibility index (Phi) is 3.46. The smallest absolute Gasteiger partial charge is 0.303 e. The van der Waals surface area contributed by atoms with Gasteiger partial charge in [-0.25, -0.2) is 0 Å². The van der Waals surface area contributed by atoms with Crippen LogP contribution in [0.2, 0.25) is 0 Å². The summed E-state index contributed by atoms with van der Waals surface area (Å²) in [6.45, 7) is 0.724. The van der Waals surface area contributed by atoms with E-state index in [4.69, 9.17) is 5.11 Å². The second kappa shape index (κ2) is 5.03. The summed E-state index contributed by atoms with van der Waals surface area (Å²) in [5.41, 5.74) is 1.03. The summed E-state index contributed by atoms with van der Waals surface area (Å²) in [6, 6.07) is 3.97. The predicted molar refractivity (Wildman–Crippen MR) is 61.4 cm³/mol. The number of carboxylic acids is 1. The van der Waals surface area contributed by atoms with Crippen LogP contribution < -0.4 is 0 Å². The number of aliphatic carboxylic acids is 1. The third-order valence-corrected chi connectivity index (χ3v) is 3.11. The molecule has 1 fully saturated rings. The molecule has 1 amide bonds. The van der Waals surface area contributed by atoms with Crippen LogP contribution in [-0.4, -0.2) is 33.4 Å². The van der Waals surface area contributed by atoms with E-state index < -0.39 is 5.97 Å². The van der Waals surface area contributed by atoms with Gasteiger partial charge in [0.1, 0.15) is 0 Å². The van der Waals surface area contributed by atoms with Crippen molar-refractivity contribution in [3.63, 3.8) is 0 Å². The average Bonchev–Trinajstić information content (AvgIpc) is 2.94. The van der Waals surface area contributed by atoms with Crippen LogP contribution in [0.3, 0.4) is 0 Å². The first-order valence-electron chi connectivity index (χ1n) is 5.83. The molecule has 2 heterocycles. The Hall–Kier alpha value is -1.78. The van der Waals surface area contributed by atoms with Crippen molar-refractivity contribution in [1.29, 1.82) is 0 Å². The monoisotopic (exact) mass is 236 g/mol. The van der Waals surface area contributed by atoms with E-state index >= 15 is 0 Å². The zero-order valence-electron chi connectivity index (χ0n) is 9.56. The van der Waals surface area contributed by atoms with Gasteiger partial charge in [-0.3, -0.25) is 9.59 Å². The highest BCUT2D eigenvalue weighted by Gasteiger charge is 2.30. The van der Waals surface area contributed by atoms with Crippen LogP contribution in [0.5, 0.6) is 0 Å². The fourth-order valence-corrected chi connectivity index (χ4v) is 2.30. The molecule has 0 spiro atoms. The lowest BCUT2D eigenvalue weighted by atomic mass is 10.1. The number of carbonyl (C=O) groups is 2. The lowest BCUT2D eigenvalue weighted by Crippen LogP contribution is -2.30. The highest BCUT2D eigenvalue weighted by molar-refractivity contribution is 5.81. The van der Waals surface area contributed by atoms with Gasteiger partial charge in [-0.2, -0.15) is 0 Å². The standard InChI is InChI=1S/C12H16N2O3/c15-11(5-6-12(16)17)14-8-2-4-10(14)9-3-1-7-13-9/h1,3,7,10,13H,2,4-6,8H2,(H,16,17). The number of amides is 1. The van der Waals surface area contributed by atoms with Crippen molar-refractivity contribution < 1.29 is 14.7 Å². The quantitative estimate of drug-likeness (QED) is 0.832. The molecule has 1 unspecified atom stereocenters. The van der Waals surface area contributed by atoms with Crippen molar-refractivity contribution in [2.75, 3.05) is 6.54 Å². The number of aromatic nitrogens is 1. The van der Waals surface area contributed by atoms with Crippen LogP contribution in [-0.2, 0) is 9.59 Å². The van der Waals surface area contributed by atoms with Crippen LogP contribution in [0.4, 0.5) is 0 Å². The van der Waals surface area contributed by atoms with Crippen LogP contribution in [0.1, 0.15) is 37.4 Å². The summed E-state index contributed by atoms with van der Waals surface area (Å²) in [4.78, 5) is 27.3. The van der Waals surface area contributed by atoms with Gasteiger partial charge in [0, 0.05) is 24.9 Å². The molecular weight excluding hydrogens is 220 g/mol. The maximum absolute atomic E-state index is 11.9. The van der Waals surface area contributed by atoms with Gasteiger partial charge in [-0.05, 0) is 25.0 Å². The topological polar surface area (TPSA) is 73.4 Å². The number of aromatic amines is 1. The van der Waals surface area contributed by atoms with E-state index in [1.807, 2.05) is 18.3 Å². The van der Waals surface area contributed by atoms with Gasteiger partial charge in [0.2, 0.25) is 5.91 Å². The van der Waals surface area contributed by atoms with Crippen molar-refractivity contribution >= 4 is 11.9 Å². The molecule has 17 heavy (non-hydrogen) atoms. The maximum atomic E-state index is 11.9. The van der Waals surface area contributed by atoms with Crippen molar-refractivity contribution in [3.05, 3.63) is 24.0 Å². The van der Waals surface area contributed by atoms with Crippen LogP contribution in [0.25, 0.3) is 0 Å². The second-order valence-electron chi connectivity index (χ2n) is 4.26. The number of hydrogen-bond donors (Lipinski definition) is 2. The van der Waals surface area contributed by atoms with Crippen molar-refractivity contribution in [1.82, 2.24) is 9.88 Å². The molecule has 2 rings (SSSR count). The SMILES string of the molecule is O=C(O)CCC(=O)N1CCCC1c1ccc[nH]1. The molecular formula is C12H16N2O3. The molecule has 0 radical (unpaired) electrons. The number of carbonyl (C=O) groups excluding carboxylic acids is 1. The van der Waals surface area contributed by atoms with Gasteiger partial charge in [-0.1, -0.05) is 0 Å². The normalized spacial score (nSPS) is 19.5. The molecule has 0 aliphatic carbocycles. The molecule has 1 saturated heterocycles. The first kappa shape index (κ1) is 11.7. The minimum atomic E-state index is -0.922. The number of hydrogen-bond acceptors (Lipinski definition) is 2. The van der Waals surface area contributed by atoms with Gasteiger partial charge in [0.25, 0.3) is 0 Å². The first-order valence-corrected chi connectivity index (χ1v) is 5.83. The fourth-order valence-electron chi connectivity index (χ4n) is 2.30. The number of nitrogens with one attached hydrogen (secondary N) is 1. The zero-order chi connectivity index (χ0) is 12.3. The minimum Gasteiger partial charge on any atom is -0.481 e. The summed E-state index contributed by atoms with van der Waals surface area (Å²) in [6.07, 6.45) is 3.76. The van der Waals surface area contributed by atoms with E-state index in [9.17, 15) is 9.59 Å². The predicted octanol–water partition coefficient (Wildman–Crippen LogP) is 1.54. The first-order chi connectivity index (χ1) is 8.18. The van der Waals surface area contributed by atoms with Gasteiger partial charge >= 0.3 is 5.97 Å². The molecule has 2 N–H and O–H groups in total. The van der Waals surface area contributed by atoms with Crippen LogP contribution >= 0.6 is 0 Å². The van der Waals surface area contributed by atoms with E-state index in [0.717, 1.165) is 25.1 Å². The van der Waals surface area contributed by atoms with Crippen molar-refractivity contribution in [2.45, 2.75) is 31.7 Å². The van der Waals surface area contributed by atoms with E-state index in [-0.39, 0.29) is 24.8 Å². The van der Waals surface area contributed by atoms with E-state index in [1.54, 1.807) is 4.90 Å². The highest BCUT2D eigenvalue weighted by atomic mass is 16.4. The van der Waals surface area contributed by atoms with Crippen molar-refractivity contribution in [3.8, 4) is 0 Å². The lowest BCUT2D eigenvalue weighted by molar-refractivity contribution is -0.141. The van der Waals surface area contributed by atoms with Crippen LogP contribution in [0.15, 0.2) is 18.3 Å². The summed E-state index contributed by atoms with van der Waals surface area (Å²) in [5.74, 6) is -0.988. The van der Waals surface area contributed by atoms with Gasteiger partial charge in [0.15, 0.2) is 0 Å². The third kappa shape index (κ3) is 2.67. The molecule has 1 aliphatic rings. The van der Waals surface area contributed by atoms with Gasteiger partial charge in [-0.15, -0.1) is 0 Å². The number of carboxylic acid groups (broad SMARTS) is 1. The van der Waals surface area contributed by atoms with Crippen LogP contribution in [0, 0.1) is 0 Å². The summed E-state index contributed by atoms with van der Waals surface area (Å²) < 4.78 is 0. The molecule has 1 aromatic rings. The number of nitrogens with zero attached hydrogens (tertiary/aromatic N) is 1. The molecule has 0 saturated carbocycles. The molecule has 0 bridgehead atoms. The third-order valence-electron chi connectivity index (χ3n) is 3.11. The number of H-pyrrole nitrogens is 1. The summed E-state index contributed by atoms with van der Waals surface area (Å²) in [5, 5.41) is 8.58. The number of rotatable bonds is 4. The second-order valence-corrected chi connectivity index (χ2v) is 4.26. The largest absolute Gasteiger partial charge is 0.481 e. The molecule has 5 nitrogen and oxygen atoms in total. The maximum Gasteiger partial charge on any atom is 0.303 e. The Balaban J connectivity index is 1.99. The molecule has 1 aromatic heterocycles. The van der Waals surface area contributed by atoms with Crippen molar-refractivity contribution in [2.24, 2.45) is 0 Å². The Bertz CT molecular complexity index is 400. The average molecular weight is 236 g/mol. The van der Waals surface area contributed by atoms with E-state index in [1.165, 1.54) is 0 Å². The molecule has 1 atom stereocenters. The molecule has 1 aliphatic heterocycles. The Morgan fingerprint density at radius 1 is 1.47 bits per heavy atom. The number of likely N-dealkylation sites (tertiary alicyclic amines) is 1. The molecule has 92 valence electrons. The summed E-state index contributed by atoms with van der Waals surface area (Å²) in [7, 11) is 0. The minimum absolute atomic E-state index is 0.0653. The Morgan fingerprint density at radius 2 is 2.29 bits per heavy atom. The molecule has 5 heteroatoms. The van der Waals surface area contributed by atoms with Gasteiger partial charge in [0.05, 0.1) is 12.5 Å². The Labute approximate surface area is 99.4 Å². The Morgan fingerprint density at radius 3 is 2.94 bits per heavy atom. The summed E-state index contributed by atoms with van der Waals surface area (Å²) >= 11 is 0. The van der Waals surface area contributed by atoms with E-state index in [2.05, 4.69) is 4.98 Å². The fraction of sp³-hybridized carbons (Fsp3) is 0.500. The lowest BCUT2D eigenvalue weighted by Gasteiger charge is -2.23. The molecule has 0 aromatic carbocycles. The van der Waals surface area contributed by atoms with Gasteiger partial charge < -0.3 is 15.0 Å². The zero-order valence-corrected chi connectivity index (χ0v) is 9.56. The highest BCUT2D eigenvalue weighted by Crippen LogP contribution is 2.31. The van der Waals surface area contributed by atoms with E-state index in [0.29, 0.717) is 0 Å².